The number of nitrogens with zero attached hydrogens (tertiary/aromatic N) is 2. The van der Waals surface area contributed by atoms with Crippen LogP contribution < -0.4 is 0 Å². The Morgan fingerprint density at radius 2 is 2.29 bits per heavy atom. The minimum atomic E-state index is 0.0556. The zero-order valence-corrected chi connectivity index (χ0v) is 9.52. The summed E-state index contributed by atoms with van der Waals surface area (Å²) in [5.41, 5.74) is 1.70. The number of ketones is 1. The molecule has 0 atom stereocenters. The van der Waals surface area contributed by atoms with Crippen LogP contribution in [0.2, 0.25) is 0 Å². The maximum Gasteiger partial charge on any atom is 0.183 e. The zero-order chi connectivity index (χ0) is 10.3. The number of aryl methyl sites for hydroxylation is 1. The van der Waals surface area contributed by atoms with E-state index in [0.717, 1.165) is 28.8 Å². The monoisotopic (exact) mass is 210 g/mol. The lowest BCUT2D eigenvalue weighted by atomic mass is 10.1. The second kappa shape index (κ2) is 3.42. The quantitative estimate of drug-likeness (QED) is 0.701. The number of Topliss-reactive ketones (excluding diaryl/α,β-unsaturated/α-hetero) is 1. The van der Waals surface area contributed by atoms with Crippen LogP contribution in [0.5, 0.6) is 0 Å². The van der Waals surface area contributed by atoms with E-state index in [1.807, 2.05) is 20.8 Å². The van der Waals surface area contributed by atoms with Crippen molar-refractivity contribution in [1.29, 1.82) is 0 Å². The molecule has 0 N–H and O–H groups in total. The first-order valence-corrected chi connectivity index (χ1v) is 5.84. The lowest BCUT2D eigenvalue weighted by Gasteiger charge is -2.06. The maximum absolute atomic E-state index is 11.9. The van der Waals surface area contributed by atoms with Gasteiger partial charge in [-0.3, -0.25) is 4.79 Å². The molecule has 0 fully saturated rings. The minimum Gasteiger partial charge on any atom is -0.315 e. The molecule has 0 aromatic carbocycles. The van der Waals surface area contributed by atoms with Crippen molar-refractivity contribution in [3.63, 3.8) is 0 Å². The predicted octanol–water partition coefficient (Wildman–Crippen LogP) is 2.14. The topological polar surface area (TPSA) is 34.9 Å². The highest BCUT2D eigenvalue weighted by Crippen LogP contribution is 2.28. The van der Waals surface area contributed by atoms with E-state index in [4.69, 9.17) is 0 Å². The van der Waals surface area contributed by atoms with Crippen molar-refractivity contribution >= 4 is 17.5 Å². The third-order valence-electron chi connectivity index (χ3n) is 2.41. The Labute approximate surface area is 87.9 Å². The third kappa shape index (κ3) is 1.38. The SMILES string of the molecule is Cc1nc2n(c1C(=O)C(C)C)CCS2. The van der Waals surface area contributed by atoms with Gasteiger partial charge in [-0.2, -0.15) is 0 Å². The summed E-state index contributed by atoms with van der Waals surface area (Å²) in [6.07, 6.45) is 0. The Hall–Kier alpha value is -0.770. The van der Waals surface area contributed by atoms with E-state index < -0.39 is 0 Å². The van der Waals surface area contributed by atoms with Gasteiger partial charge in [0, 0.05) is 18.2 Å². The number of carbonyl (C=O) groups excluding carboxylic acids is 1. The summed E-state index contributed by atoms with van der Waals surface area (Å²) in [6.45, 7) is 6.71. The van der Waals surface area contributed by atoms with Crippen LogP contribution in [0.15, 0.2) is 5.16 Å². The summed E-state index contributed by atoms with van der Waals surface area (Å²) in [6, 6.07) is 0. The number of hydrogen-bond donors (Lipinski definition) is 0. The zero-order valence-electron chi connectivity index (χ0n) is 8.70. The van der Waals surface area contributed by atoms with Crippen LogP contribution in [0.4, 0.5) is 0 Å². The number of carbonyl (C=O) groups is 1. The smallest absolute Gasteiger partial charge is 0.183 e. The van der Waals surface area contributed by atoms with Crippen molar-refractivity contribution in [2.24, 2.45) is 5.92 Å². The molecule has 3 nitrogen and oxygen atoms in total. The van der Waals surface area contributed by atoms with Gasteiger partial charge in [-0.15, -0.1) is 0 Å². The van der Waals surface area contributed by atoms with Crippen LogP contribution in [0.1, 0.15) is 30.0 Å². The molecule has 0 amide bonds. The number of hydrogen-bond acceptors (Lipinski definition) is 3. The molecule has 2 rings (SSSR count). The van der Waals surface area contributed by atoms with Gasteiger partial charge >= 0.3 is 0 Å². The first-order chi connectivity index (χ1) is 6.61. The number of aromatic nitrogens is 2. The number of thioether (sulfide) groups is 1. The molecular formula is C10H14N2OS. The second-order valence-corrected chi connectivity index (χ2v) is 4.91. The van der Waals surface area contributed by atoms with Crippen LogP contribution >= 0.6 is 11.8 Å². The molecule has 1 aromatic rings. The molecule has 2 heterocycles. The minimum absolute atomic E-state index is 0.0556. The fraction of sp³-hybridized carbons (Fsp3) is 0.600. The summed E-state index contributed by atoms with van der Waals surface area (Å²) in [5.74, 6) is 1.31. The maximum atomic E-state index is 11.9. The van der Waals surface area contributed by atoms with Crippen molar-refractivity contribution in [1.82, 2.24) is 9.55 Å². The Balaban J connectivity index is 2.47. The Bertz CT molecular complexity index is 382. The van der Waals surface area contributed by atoms with E-state index in [0.29, 0.717) is 0 Å². The van der Waals surface area contributed by atoms with E-state index in [-0.39, 0.29) is 11.7 Å². The van der Waals surface area contributed by atoms with Crippen molar-refractivity contribution < 1.29 is 4.79 Å². The molecule has 0 bridgehead atoms. The molecule has 0 radical (unpaired) electrons. The summed E-state index contributed by atoms with van der Waals surface area (Å²) in [4.78, 5) is 16.3. The highest BCUT2D eigenvalue weighted by atomic mass is 32.2. The summed E-state index contributed by atoms with van der Waals surface area (Å²) in [5, 5.41) is 1.01. The molecule has 1 aromatic heterocycles. The second-order valence-electron chi connectivity index (χ2n) is 3.85. The first kappa shape index (κ1) is 9.77. The van der Waals surface area contributed by atoms with Gasteiger partial charge in [0.25, 0.3) is 0 Å². The fourth-order valence-electron chi connectivity index (χ4n) is 1.68. The van der Waals surface area contributed by atoms with Crippen LogP contribution in [-0.2, 0) is 6.54 Å². The van der Waals surface area contributed by atoms with Crippen molar-refractivity contribution in [2.75, 3.05) is 5.75 Å². The van der Waals surface area contributed by atoms with Gasteiger partial charge < -0.3 is 4.57 Å². The molecule has 0 unspecified atom stereocenters. The summed E-state index contributed by atoms with van der Waals surface area (Å²) in [7, 11) is 0. The average Bonchev–Trinajstić information content (AvgIpc) is 2.62. The van der Waals surface area contributed by atoms with E-state index in [1.165, 1.54) is 0 Å². The molecular weight excluding hydrogens is 196 g/mol. The van der Waals surface area contributed by atoms with Gasteiger partial charge in [-0.1, -0.05) is 25.6 Å². The van der Waals surface area contributed by atoms with Gasteiger partial charge in [-0.25, -0.2) is 4.98 Å². The molecule has 0 aliphatic carbocycles. The largest absolute Gasteiger partial charge is 0.315 e. The molecule has 0 saturated carbocycles. The van der Waals surface area contributed by atoms with Gasteiger partial charge in [0.05, 0.1) is 5.69 Å². The highest BCUT2D eigenvalue weighted by Gasteiger charge is 2.25. The van der Waals surface area contributed by atoms with Gasteiger partial charge in [-0.05, 0) is 6.92 Å². The van der Waals surface area contributed by atoms with Crippen LogP contribution in [0, 0.1) is 12.8 Å². The van der Waals surface area contributed by atoms with E-state index in [2.05, 4.69) is 9.55 Å². The molecule has 0 spiro atoms. The Morgan fingerprint density at radius 3 is 2.93 bits per heavy atom. The van der Waals surface area contributed by atoms with E-state index >= 15 is 0 Å². The van der Waals surface area contributed by atoms with Crippen molar-refractivity contribution in [3.05, 3.63) is 11.4 Å². The Morgan fingerprint density at radius 1 is 1.57 bits per heavy atom. The van der Waals surface area contributed by atoms with Crippen LogP contribution in [-0.4, -0.2) is 21.1 Å². The molecule has 1 aliphatic heterocycles. The van der Waals surface area contributed by atoms with Gasteiger partial charge in [0.15, 0.2) is 10.9 Å². The van der Waals surface area contributed by atoms with E-state index in [9.17, 15) is 4.79 Å². The Kier molecular flexibility index (Phi) is 2.39. The molecule has 4 heteroatoms. The number of rotatable bonds is 2. The van der Waals surface area contributed by atoms with Crippen LogP contribution in [0.3, 0.4) is 0 Å². The number of fused-ring (bicyclic) bond motifs is 1. The lowest BCUT2D eigenvalue weighted by Crippen LogP contribution is -2.14. The van der Waals surface area contributed by atoms with E-state index in [1.54, 1.807) is 11.8 Å². The van der Waals surface area contributed by atoms with Gasteiger partial charge in [0.2, 0.25) is 0 Å². The molecule has 0 saturated heterocycles. The first-order valence-electron chi connectivity index (χ1n) is 4.85. The predicted molar refractivity (Wildman–Crippen MR) is 56.9 cm³/mol. The van der Waals surface area contributed by atoms with Crippen molar-refractivity contribution in [3.8, 4) is 0 Å². The van der Waals surface area contributed by atoms with Crippen LogP contribution in [0.25, 0.3) is 0 Å². The molecule has 1 aliphatic rings. The molecule has 76 valence electrons. The standard InChI is InChI=1S/C10H14N2OS/c1-6(2)9(13)8-7(3)11-10-12(8)4-5-14-10/h6H,4-5H2,1-3H3. The number of imidazole rings is 1. The average molecular weight is 210 g/mol. The lowest BCUT2D eigenvalue weighted by molar-refractivity contribution is 0.0929. The summed E-state index contributed by atoms with van der Waals surface area (Å²) >= 11 is 1.73. The third-order valence-corrected chi connectivity index (χ3v) is 3.37. The summed E-state index contributed by atoms with van der Waals surface area (Å²) < 4.78 is 2.06. The van der Waals surface area contributed by atoms with Crippen molar-refractivity contribution in [2.45, 2.75) is 32.5 Å². The fourth-order valence-corrected chi connectivity index (χ4v) is 2.67. The van der Waals surface area contributed by atoms with Gasteiger partial charge in [0.1, 0.15) is 5.69 Å². The normalized spacial score (nSPS) is 14.9. The molecule has 14 heavy (non-hydrogen) atoms. The highest BCUT2D eigenvalue weighted by molar-refractivity contribution is 7.99.